The molecule has 0 unspecified atom stereocenters. The Morgan fingerprint density at radius 3 is 2.83 bits per heavy atom. The van der Waals surface area contributed by atoms with Crippen molar-refractivity contribution in [1.29, 1.82) is 0 Å². The molecule has 23 heavy (non-hydrogen) atoms. The fourth-order valence-electron chi connectivity index (χ4n) is 3.02. The van der Waals surface area contributed by atoms with Crippen LogP contribution in [0, 0.1) is 12.8 Å². The molecule has 0 aromatic carbocycles. The lowest BCUT2D eigenvalue weighted by molar-refractivity contribution is 0.379. The lowest BCUT2D eigenvalue weighted by Crippen LogP contribution is -2.52. The van der Waals surface area contributed by atoms with Gasteiger partial charge in [0.05, 0.1) is 5.39 Å². The Bertz CT molecular complexity index is 716. The lowest BCUT2D eigenvalue weighted by Gasteiger charge is -2.37. The molecule has 0 bridgehead atoms. The number of thiophene rings is 1. The minimum absolute atomic E-state index is 0.852. The predicted molar refractivity (Wildman–Crippen MR) is 99.3 cm³/mol. The maximum Gasteiger partial charge on any atom is 0.169 e. The standard InChI is InChI=1S/C16H21N5S2/c1-11-9-23-15-13(11)14(18-10-19-15)20-4-6-21(7-5-20)16(22)17-8-12-2-3-12/h9-10,12H,2-8H2,1H3,(H,17,22). The van der Waals surface area contributed by atoms with Gasteiger partial charge in [-0.3, -0.25) is 0 Å². The molecule has 2 aliphatic rings. The van der Waals surface area contributed by atoms with Gasteiger partial charge in [-0.25, -0.2) is 9.97 Å². The van der Waals surface area contributed by atoms with Crippen LogP contribution in [0.25, 0.3) is 10.2 Å². The number of nitrogens with one attached hydrogen (secondary N) is 1. The van der Waals surface area contributed by atoms with Crippen molar-refractivity contribution >= 4 is 44.7 Å². The number of piperazine rings is 1. The molecular weight excluding hydrogens is 326 g/mol. The Hall–Kier alpha value is -1.47. The van der Waals surface area contributed by atoms with Crippen LogP contribution in [-0.4, -0.2) is 52.7 Å². The van der Waals surface area contributed by atoms with Gasteiger partial charge in [-0.15, -0.1) is 11.3 Å². The lowest BCUT2D eigenvalue weighted by atomic mass is 10.2. The average Bonchev–Trinajstić information content (AvgIpc) is 3.35. The molecule has 0 radical (unpaired) electrons. The number of rotatable bonds is 3. The van der Waals surface area contributed by atoms with E-state index in [1.54, 1.807) is 17.7 Å². The Morgan fingerprint density at radius 1 is 1.30 bits per heavy atom. The highest BCUT2D eigenvalue weighted by atomic mass is 32.1. The highest BCUT2D eigenvalue weighted by Gasteiger charge is 2.24. The molecule has 2 aromatic rings. The van der Waals surface area contributed by atoms with Crippen molar-refractivity contribution in [3.8, 4) is 0 Å². The molecule has 4 rings (SSSR count). The van der Waals surface area contributed by atoms with Crippen LogP contribution in [-0.2, 0) is 0 Å². The minimum Gasteiger partial charge on any atom is -0.362 e. The van der Waals surface area contributed by atoms with Crippen LogP contribution < -0.4 is 10.2 Å². The van der Waals surface area contributed by atoms with E-state index in [2.05, 4.69) is 37.4 Å². The summed E-state index contributed by atoms with van der Waals surface area (Å²) in [6.45, 7) is 6.98. The maximum absolute atomic E-state index is 5.53. The maximum atomic E-state index is 5.53. The third-order valence-electron chi connectivity index (χ3n) is 4.64. The minimum atomic E-state index is 0.852. The van der Waals surface area contributed by atoms with E-state index in [4.69, 9.17) is 12.2 Å². The van der Waals surface area contributed by atoms with E-state index in [1.165, 1.54) is 23.8 Å². The molecule has 0 spiro atoms. The van der Waals surface area contributed by atoms with E-state index in [9.17, 15) is 0 Å². The van der Waals surface area contributed by atoms with Crippen molar-refractivity contribution in [3.63, 3.8) is 0 Å². The first-order chi connectivity index (χ1) is 11.2. The molecule has 1 aliphatic heterocycles. The summed E-state index contributed by atoms with van der Waals surface area (Å²) in [4.78, 5) is 14.7. The summed E-state index contributed by atoms with van der Waals surface area (Å²) in [6.07, 6.45) is 4.39. The number of aromatic nitrogens is 2. The van der Waals surface area contributed by atoms with Gasteiger partial charge < -0.3 is 15.1 Å². The fraction of sp³-hybridized carbons (Fsp3) is 0.562. The van der Waals surface area contributed by atoms with Crippen LogP contribution in [0.1, 0.15) is 18.4 Å². The van der Waals surface area contributed by atoms with E-state index in [0.717, 1.165) is 54.4 Å². The Kier molecular flexibility index (Phi) is 4.07. The highest BCUT2D eigenvalue weighted by molar-refractivity contribution is 7.80. The van der Waals surface area contributed by atoms with Gasteiger partial charge >= 0.3 is 0 Å². The molecule has 122 valence electrons. The molecule has 5 nitrogen and oxygen atoms in total. The van der Waals surface area contributed by atoms with Gasteiger partial charge in [-0.1, -0.05) is 0 Å². The molecule has 1 N–H and O–H groups in total. The first-order valence-electron chi connectivity index (χ1n) is 8.19. The third-order valence-corrected chi connectivity index (χ3v) is 6.05. The molecule has 1 aliphatic carbocycles. The molecular formula is C16H21N5S2. The zero-order valence-corrected chi connectivity index (χ0v) is 14.9. The summed E-state index contributed by atoms with van der Waals surface area (Å²) in [6, 6.07) is 0. The zero-order chi connectivity index (χ0) is 15.8. The second-order valence-electron chi connectivity index (χ2n) is 6.40. The number of hydrogen-bond acceptors (Lipinski definition) is 5. The summed E-state index contributed by atoms with van der Waals surface area (Å²) < 4.78 is 0. The van der Waals surface area contributed by atoms with Crippen molar-refractivity contribution < 1.29 is 0 Å². The fourth-order valence-corrected chi connectivity index (χ4v) is 4.18. The van der Waals surface area contributed by atoms with E-state index >= 15 is 0 Å². The summed E-state index contributed by atoms with van der Waals surface area (Å²) >= 11 is 7.23. The van der Waals surface area contributed by atoms with Gasteiger partial charge in [-0.2, -0.15) is 0 Å². The molecule has 1 saturated heterocycles. The molecule has 2 fully saturated rings. The monoisotopic (exact) mass is 347 g/mol. The highest BCUT2D eigenvalue weighted by Crippen LogP contribution is 2.31. The van der Waals surface area contributed by atoms with Gasteiger partial charge in [0, 0.05) is 32.7 Å². The first-order valence-corrected chi connectivity index (χ1v) is 9.47. The number of nitrogens with zero attached hydrogens (tertiary/aromatic N) is 4. The third kappa shape index (κ3) is 3.12. The Morgan fingerprint density at radius 2 is 2.09 bits per heavy atom. The van der Waals surface area contributed by atoms with E-state index in [-0.39, 0.29) is 0 Å². The van der Waals surface area contributed by atoms with Gasteiger partial charge in [0.2, 0.25) is 0 Å². The van der Waals surface area contributed by atoms with Crippen LogP contribution in [0.15, 0.2) is 11.7 Å². The predicted octanol–water partition coefficient (Wildman–Crippen LogP) is 2.41. The SMILES string of the molecule is Cc1csc2ncnc(N3CCN(C(=S)NCC4CC4)CC3)c12. The van der Waals surface area contributed by atoms with Crippen molar-refractivity contribution in [2.24, 2.45) is 5.92 Å². The molecule has 3 heterocycles. The molecule has 2 aromatic heterocycles. The smallest absolute Gasteiger partial charge is 0.169 e. The van der Waals surface area contributed by atoms with Crippen molar-refractivity contribution in [2.45, 2.75) is 19.8 Å². The van der Waals surface area contributed by atoms with E-state index < -0.39 is 0 Å². The molecule has 1 saturated carbocycles. The van der Waals surface area contributed by atoms with Crippen LogP contribution in [0.3, 0.4) is 0 Å². The largest absolute Gasteiger partial charge is 0.362 e. The second-order valence-corrected chi connectivity index (χ2v) is 7.64. The van der Waals surface area contributed by atoms with Gasteiger partial charge in [-0.05, 0) is 48.8 Å². The van der Waals surface area contributed by atoms with E-state index in [0.29, 0.717) is 0 Å². The van der Waals surface area contributed by atoms with Crippen LogP contribution in [0.4, 0.5) is 5.82 Å². The topological polar surface area (TPSA) is 44.3 Å². The second kappa shape index (κ2) is 6.20. The number of hydrogen-bond donors (Lipinski definition) is 1. The van der Waals surface area contributed by atoms with Crippen molar-refractivity contribution in [2.75, 3.05) is 37.6 Å². The quantitative estimate of drug-likeness (QED) is 0.860. The van der Waals surface area contributed by atoms with Crippen LogP contribution in [0.5, 0.6) is 0 Å². The van der Waals surface area contributed by atoms with Crippen molar-refractivity contribution in [3.05, 3.63) is 17.3 Å². The van der Waals surface area contributed by atoms with Crippen LogP contribution in [0.2, 0.25) is 0 Å². The van der Waals surface area contributed by atoms with Crippen molar-refractivity contribution in [1.82, 2.24) is 20.2 Å². The summed E-state index contributed by atoms with van der Waals surface area (Å²) in [5.74, 6) is 1.93. The molecule has 0 atom stereocenters. The molecule has 0 amide bonds. The summed E-state index contributed by atoms with van der Waals surface area (Å²) in [5, 5.41) is 7.70. The van der Waals surface area contributed by atoms with Crippen LogP contribution >= 0.6 is 23.6 Å². The summed E-state index contributed by atoms with van der Waals surface area (Å²) in [5.41, 5.74) is 1.27. The number of aryl methyl sites for hydroxylation is 1. The number of anilines is 1. The van der Waals surface area contributed by atoms with Gasteiger partial charge in [0.25, 0.3) is 0 Å². The Balaban J connectivity index is 1.42. The Labute approximate surface area is 145 Å². The number of thiocarbonyl (C=S) groups is 1. The summed E-state index contributed by atoms with van der Waals surface area (Å²) in [7, 11) is 0. The van der Waals surface area contributed by atoms with E-state index in [1.807, 2.05) is 0 Å². The molecule has 7 heteroatoms. The average molecular weight is 348 g/mol. The zero-order valence-electron chi connectivity index (χ0n) is 13.3. The van der Waals surface area contributed by atoms with Gasteiger partial charge in [0.15, 0.2) is 5.11 Å². The normalized spacial score (nSPS) is 18.5. The van der Waals surface area contributed by atoms with Gasteiger partial charge in [0.1, 0.15) is 17.0 Å². The number of fused-ring (bicyclic) bond motifs is 1. The first kappa shape index (κ1) is 15.1.